The highest BCUT2D eigenvalue weighted by atomic mass is 35.5. The van der Waals surface area contributed by atoms with Crippen molar-refractivity contribution in [3.63, 3.8) is 0 Å². The molecule has 0 aliphatic rings. The summed E-state index contributed by atoms with van der Waals surface area (Å²) in [5.41, 5.74) is 9.52. The second kappa shape index (κ2) is 6.24. The monoisotopic (exact) mass is 243 g/mol. The van der Waals surface area contributed by atoms with Gasteiger partial charge in [0.25, 0.3) is 0 Å². The summed E-state index contributed by atoms with van der Waals surface area (Å²) in [4.78, 5) is 0. The highest BCUT2D eigenvalue weighted by Crippen LogP contribution is 2.24. The molecule has 0 aliphatic heterocycles. The number of halogens is 1. The van der Waals surface area contributed by atoms with E-state index in [1.807, 2.05) is 26.0 Å². The second-order valence-electron chi connectivity index (χ2n) is 4.55. The average molecular weight is 244 g/mol. The highest BCUT2D eigenvalue weighted by Gasteiger charge is 2.21. The minimum Gasteiger partial charge on any atom is -0.391 e. The van der Waals surface area contributed by atoms with Crippen molar-refractivity contribution >= 4 is 12.4 Å². The van der Waals surface area contributed by atoms with E-state index < -0.39 is 6.10 Å². The maximum Gasteiger partial charge on any atom is 0.0755 e. The van der Waals surface area contributed by atoms with Gasteiger partial charge in [0.2, 0.25) is 0 Å². The summed E-state index contributed by atoms with van der Waals surface area (Å²) in [6.45, 7) is 8.08. The van der Waals surface area contributed by atoms with E-state index in [0.717, 1.165) is 5.56 Å². The molecule has 0 amide bonds. The van der Waals surface area contributed by atoms with Gasteiger partial charge in [0.15, 0.2) is 0 Å². The Bertz CT molecular complexity index is 339. The quantitative estimate of drug-likeness (QED) is 0.858. The van der Waals surface area contributed by atoms with Crippen LogP contribution in [0.2, 0.25) is 0 Å². The van der Waals surface area contributed by atoms with Crippen molar-refractivity contribution < 1.29 is 5.11 Å². The van der Waals surface area contributed by atoms with E-state index >= 15 is 0 Å². The molecule has 0 fully saturated rings. The molecular weight excluding hydrogens is 222 g/mol. The van der Waals surface area contributed by atoms with Crippen molar-refractivity contribution in [1.29, 1.82) is 0 Å². The van der Waals surface area contributed by atoms with Gasteiger partial charge in [-0.15, -0.1) is 12.4 Å². The summed E-state index contributed by atoms with van der Waals surface area (Å²) in [5, 5.41) is 9.94. The predicted octanol–water partition coefficient (Wildman–Crippen LogP) is 2.74. The number of aliphatic hydroxyl groups is 1. The fourth-order valence-corrected chi connectivity index (χ4v) is 1.73. The molecule has 3 heteroatoms. The molecule has 2 atom stereocenters. The van der Waals surface area contributed by atoms with E-state index in [1.54, 1.807) is 0 Å². The number of nitrogens with two attached hydrogens (primary N) is 1. The third kappa shape index (κ3) is 3.21. The summed E-state index contributed by atoms with van der Waals surface area (Å²) >= 11 is 0. The third-order valence-electron chi connectivity index (χ3n) is 3.06. The molecule has 16 heavy (non-hydrogen) atoms. The van der Waals surface area contributed by atoms with Gasteiger partial charge in [-0.25, -0.2) is 0 Å². The van der Waals surface area contributed by atoms with Crippen LogP contribution in [0.1, 0.15) is 36.6 Å². The molecule has 0 heterocycles. The molecule has 0 saturated carbocycles. The molecule has 1 aromatic carbocycles. The zero-order valence-corrected chi connectivity index (χ0v) is 11.2. The van der Waals surface area contributed by atoms with E-state index in [4.69, 9.17) is 5.73 Å². The van der Waals surface area contributed by atoms with Crippen LogP contribution in [-0.2, 0) is 0 Å². The van der Waals surface area contributed by atoms with Crippen molar-refractivity contribution in [2.75, 3.05) is 0 Å². The average Bonchev–Trinajstić information content (AvgIpc) is 2.20. The summed E-state index contributed by atoms with van der Waals surface area (Å²) in [6.07, 6.45) is -0.481. The number of aliphatic hydroxyl groups excluding tert-OH is 1. The molecule has 2 nitrogen and oxygen atoms in total. The Labute approximate surface area is 104 Å². The first kappa shape index (κ1) is 15.4. The van der Waals surface area contributed by atoms with Crippen molar-refractivity contribution in [2.24, 2.45) is 11.7 Å². The van der Waals surface area contributed by atoms with Crippen molar-refractivity contribution in [3.05, 3.63) is 34.9 Å². The first-order valence-corrected chi connectivity index (χ1v) is 5.45. The lowest BCUT2D eigenvalue weighted by atomic mass is 9.90. The lowest BCUT2D eigenvalue weighted by Gasteiger charge is -2.24. The van der Waals surface area contributed by atoms with Crippen LogP contribution in [0.3, 0.4) is 0 Å². The molecule has 1 rings (SSSR count). The Hall–Kier alpha value is -0.570. The molecule has 92 valence electrons. The zero-order valence-electron chi connectivity index (χ0n) is 10.4. The third-order valence-corrected chi connectivity index (χ3v) is 3.06. The van der Waals surface area contributed by atoms with Gasteiger partial charge in [-0.1, -0.05) is 32.0 Å². The van der Waals surface area contributed by atoms with Crippen molar-refractivity contribution in [3.8, 4) is 0 Å². The number of hydrogen-bond donors (Lipinski definition) is 2. The molecule has 0 radical (unpaired) electrons. The van der Waals surface area contributed by atoms with Crippen molar-refractivity contribution in [2.45, 2.75) is 39.8 Å². The Morgan fingerprint density at radius 2 is 1.75 bits per heavy atom. The SMILES string of the molecule is Cc1cccc([C@@H](N)[C@@H](O)C(C)C)c1C.Cl. The normalized spacial score (nSPS) is 14.4. The minimum absolute atomic E-state index is 0. The Balaban J connectivity index is 0.00000225. The van der Waals surface area contributed by atoms with Crippen LogP contribution in [0.5, 0.6) is 0 Å². The smallest absolute Gasteiger partial charge is 0.0755 e. The molecular formula is C13H22ClNO. The van der Waals surface area contributed by atoms with Gasteiger partial charge in [-0.2, -0.15) is 0 Å². The Morgan fingerprint density at radius 3 is 2.25 bits per heavy atom. The lowest BCUT2D eigenvalue weighted by Crippen LogP contribution is -2.31. The summed E-state index contributed by atoms with van der Waals surface area (Å²) in [7, 11) is 0. The summed E-state index contributed by atoms with van der Waals surface area (Å²) in [6, 6.07) is 5.76. The molecule has 0 aliphatic carbocycles. The fourth-order valence-electron chi connectivity index (χ4n) is 1.73. The van der Waals surface area contributed by atoms with Crippen LogP contribution in [0.4, 0.5) is 0 Å². The molecule has 0 unspecified atom stereocenters. The zero-order chi connectivity index (χ0) is 11.6. The fraction of sp³-hybridized carbons (Fsp3) is 0.538. The van der Waals surface area contributed by atoms with Crippen LogP contribution in [0.15, 0.2) is 18.2 Å². The maximum atomic E-state index is 9.94. The van der Waals surface area contributed by atoms with Gasteiger partial charge in [-0.05, 0) is 36.5 Å². The van der Waals surface area contributed by atoms with Crippen LogP contribution in [0.25, 0.3) is 0 Å². The number of benzene rings is 1. The van der Waals surface area contributed by atoms with Crippen LogP contribution < -0.4 is 5.73 Å². The van der Waals surface area contributed by atoms with Crippen molar-refractivity contribution in [1.82, 2.24) is 0 Å². The number of hydrogen-bond acceptors (Lipinski definition) is 2. The Morgan fingerprint density at radius 1 is 1.19 bits per heavy atom. The molecule has 0 saturated heterocycles. The van der Waals surface area contributed by atoms with Crippen LogP contribution in [0, 0.1) is 19.8 Å². The molecule has 0 bridgehead atoms. The van der Waals surface area contributed by atoms with E-state index in [2.05, 4.69) is 19.9 Å². The summed E-state index contributed by atoms with van der Waals surface area (Å²) < 4.78 is 0. The lowest BCUT2D eigenvalue weighted by molar-refractivity contribution is 0.0977. The van der Waals surface area contributed by atoms with E-state index in [0.29, 0.717) is 0 Å². The van der Waals surface area contributed by atoms with E-state index in [-0.39, 0.29) is 24.4 Å². The van der Waals surface area contributed by atoms with Gasteiger partial charge in [0, 0.05) is 0 Å². The van der Waals surface area contributed by atoms with E-state index in [1.165, 1.54) is 11.1 Å². The van der Waals surface area contributed by atoms with Gasteiger partial charge in [0.1, 0.15) is 0 Å². The van der Waals surface area contributed by atoms with Gasteiger partial charge in [0.05, 0.1) is 12.1 Å². The highest BCUT2D eigenvalue weighted by molar-refractivity contribution is 5.85. The molecule has 1 aromatic rings. The topological polar surface area (TPSA) is 46.2 Å². The molecule has 3 N–H and O–H groups in total. The second-order valence-corrected chi connectivity index (χ2v) is 4.55. The summed E-state index contributed by atoms with van der Waals surface area (Å²) in [5.74, 6) is 0.180. The predicted molar refractivity (Wildman–Crippen MR) is 70.9 cm³/mol. The van der Waals surface area contributed by atoms with Gasteiger partial charge in [-0.3, -0.25) is 0 Å². The molecule has 0 spiro atoms. The van der Waals surface area contributed by atoms with Gasteiger partial charge >= 0.3 is 0 Å². The Kier molecular flexibility index (Phi) is 6.01. The molecule has 0 aromatic heterocycles. The number of aryl methyl sites for hydroxylation is 1. The van der Waals surface area contributed by atoms with Crippen LogP contribution in [-0.4, -0.2) is 11.2 Å². The number of rotatable bonds is 3. The minimum atomic E-state index is -0.481. The first-order valence-electron chi connectivity index (χ1n) is 5.45. The van der Waals surface area contributed by atoms with Gasteiger partial charge < -0.3 is 10.8 Å². The van der Waals surface area contributed by atoms with E-state index in [9.17, 15) is 5.11 Å². The largest absolute Gasteiger partial charge is 0.391 e. The van der Waals surface area contributed by atoms with Crippen LogP contribution >= 0.6 is 12.4 Å². The maximum absolute atomic E-state index is 9.94. The standard InChI is InChI=1S/C13H21NO.ClH/c1-8(2)13(15)12(14)11-7-5-6-9(3)10(11)4;/h5-8,12-13,15H,14H2,1-4H3;1H/t12-,13+;/m1./s1. The first-order chi connectivity index (χ1) is 6.95.